The Bertz CT molecular complexity index is 1420. The lowest BCUT2D eigenvalue weighted by molar-refractivity contribution is -0.139. The van der Waals surface area contributed by atoms with Gasteiger partial charge in [-0.05, 0) is 63.1 Å². The minimum atomic E-state index is -4.12. The highest BCUT2D eigenvalue weighted by molar-refractivity contribution is 7.92. The lowest BCUT2D eigenvalue weighted by Gasteiger charge is -2.33. The molecular weight excluding hydrogens is 569 g/mol. The van der Waals surface area contributed by atoms with E-state index in [1.807, 2.05) is 6.92 Å². The van der Waals surface area contributed by atoms with Crippen molar-refractivity contribution >= 4 is 50.7 Å². The van der Waals surface area contributed by atoms with Crippen LogP contribution in [0.1, 0.15) is 43.7 Å². The van der Waals surface area contributed by atoms with Gasteiger partial charge < -0.3 is 10.2 Å². The van der Waals surface area contributed by atoms with Crippen LogP contribution in [0.5, 0.6) is 0 Å². The molecule has 4 rings (SSSR count). The van der Waals surface area contributed by atoms with Crippen molar-refractivity contribution in [1.29, 1.82) is 0 Å². The SMILES string of the molecule is Cc1ccc(S(=O)(=O)N(CC(=O)N(Cc2c(Cl)cccc2Cl)[C@@H](C)C(=O)NC2CCCC2)c2ccccc2)cc1. The van der Waals surface area contributed by atoms with E-state index < -0.39 is 28.5 Å². The molecule has 7 nitrogen and oxygen atoms in total. The maximum Gasteiger partial charge on any atom is 0.264 e. The molecule has 0 unspecified atom stereocenters. The standard InChI is InChI=1S/C30H33Cl2N3O4S/c1-21-15-17-25(18-16-21)40(38,39)35(24-11-4-3-5-12-24)20-29(36)34(19-26-27(31)13-8-14-28(26)32)22(2)30(37)33-23-9-6-7-10-23/h3-5,8,11-18,22-23H,6-7,9-10,19-20H2,1-2H3,(H,33,37)/t22-/m0/s1. The zero-order chi connectivity index (χ0) is 28.9. The molecule has 0 heterocycles. The molecule has 0 aromatic heterocycles. The third-order valence-electron chi connectivity index (χ3n) is 7.19. The first-order valence-electron chi connectivity index (χ1n) is 13.2. The van der Waals surface area contributed by atoms with Gasteiger partial charge in [-0.1, -0.05) is 78.0 Å². The van der Waals surface area contributed by atoms with Gasteiger partial charge >= 0.3 is 0 Å². The summed E-state index contributed by atoms with van der Waals surface area (Å²) >= 11 is 12.9. The second-order valence-electron chi connectivity index (χ2n) is 10.0. The topological polar surface area (TPSA) is 86.8 Å². The molecule has 0 spiro atoms. The molecule has 1 saturated carbocycles. The number of para-hydroxylation sites is 1. The molecule has 0 radical (unpaired) electrons. The molecule has 10 heteroatoms. The van der Waals surface area contributed by atoms with E-state index in [4.69, 9.17) is 23.2 Å². The highest BCUT2D eigenvalue weighted by Gasteiger charge is 2.33. The quantitative estimate of drug-likeness (QED) is 0.310. The van der Waals surface area contributed by atoms with E-state index in [-0.39, 0.29) is 23.4 Å². The Morgan fingerprint density at radius 2 is 1.52 bits per heavy atom. The summed E-state index contributed by atoms with van der Waals surface area (Å²) < 4.78 is 28.7. The number of benzene rings is 3. The predicted octanol–water partition coefficient (Wildman–Crippen LogP) is 5.97. The molecule has 1 aliphatic carbocycles. The number of halogens is 2. The Morgan fingerprint density at radius 1 is 0.925 bits per heavy atom. The number of carbonyl (C=O) groups excluding carboxylic acids is 2. The zero-order valence-electron chi connectivity index (χ0n) is 22.5. The number of hydrogen-bond acceptors (Lipinski definition) is 4. The van der Waals surface area contributed by atoms with Gasteiger partial charge in [0.1, 0.15) is 12.6 Å². The third kappa shape index (κ3) is 6.97. The van der Waals surface area contributed by atoms with Crippen molar-refractivity contribution in [2.45, 2.75) is 63.1 Å². The van der Waals surface area contributed by atoms with Crippen LogP contribution < -0.4 is 9.62 Å². The summed E-state index contributed by atoms with van der Waals surface area (Å²) in [5, 5.41) is 3.74. The van der Waals surface area contributed by atoms with Gasteiger partial charge in [0.05, 0.1) is 10.6 Å². The molecule has 2 amide bonds. The second kappa shape index (κ2) is 13.1. The fourth-order valence-corrected chi connectivity index (χ4v) is 6.72. The van der Waals surface area contributed by atoms with E-state index >= 15 is 0 Å². The van der Waals surface area contributed by atoms with Crippen LogP contribution in [0.25, 0.3) is 0 Å². The Kier molecular flexibility index (Phi) is 9.77. The average molecular weight is 603 g/mol. The predicted molar refractivity (Wildman–Crippen MR) is 159 cm³/mol. The number of anilines is 1. The summed E-state index contributed by atoms with van der Waals surface area (Å²) in [5.41, 5.74) is 1.72. The molecule has 0 bridgehead atoms. The average Bonchev–Trinajstić information content (AvgIpc) is 3.45. The number of sulfonamides is 1. The van der Waals surface area contributed by atoms with Crippen LogP contribution in [0.15, 0.2) is 77.7 Å². The van der Waals surface area contributed by atoms with Crippen LogP contribution in [0.3, 0.4) is 0 Å². The van der Waals surface area contributed by atoms with Gasteiger partial charge in [0.25, 0.3) is 10.0 Å². The van der Waals surface area contributed by atoms with Crippen molar-refractivity contribution in [1.82, 2.24) is 10.2 Å². The van der Waals surface area contributed by atoms with E-state index in [0.29, 0.717) is 21.3 Å². The Hall–Kier alpha value is -3.07. The first-order valence-corrected chi connectivity index (χ1v) is 15.4. The van der Waals surface area contributed by atoms with Crippen molar-refractivity contribution in [2.24, 2.45) is 0 Å². The number of nitrogens with zero attached hydrogens (tertiary/aromatic N) is 2. The van der Waals surface area contributed by atoms with Gasteiger partial charge in [-0.25, -0.2) is 8.42 Å². The molecule has 1 aliphatic rings. The second-order valence-corrected chi connectivity index (χ2v) is 12.7. The van der Waals surface area contributed by atoms with Gasteiger partial charge in [0.15, 0.2) is 0 Å². The van der Waals surface area contributed by atoms with Crippen molar-refractivity contribution in [2.75, 3.05) is 10.8 Å². The zero-order valence-corrected chi connectivity index (χ0v) is 24.8. The van der Waals surface area contributed by atoms with Crippen LogP contribution in [0.2, 0.25) is 10.0 Å². The maximum absolute atomic E-state index is 14.0. The Labute approximate surface area is 246 Å². The number of hydrogen-bond donors (Lipinski definition) is 1. The number of nitrogens with one attached hydrogen (secondary N) is 1. The molecular formula is C30H33Cl2N3O4S. The minimum absolute atomic E-state index is 0.0542. The molecule has 3 aromatic rings. The van der Waals surface area contributed by atoms with Gasteiger partial charge in [-0.2, -0.15) is 0 Å². The molecule has 1 fully saturated rings. The van der Waals surface area contributed by atoms with E-state index in [1.54, 1.807) is 67.6 Å². The van der Waals surface area contributed by atoms with E-state index in [9.17, 15) is 18.0 Å². The number of amides is 2. The van der Waals surface area contributed by atoms with Gasteiger partial charge in [-0.15, -0.1) is 0 Å². The minimum Gasteiger partial charge on any atom is -0.352 e. The molecule has 3 aromatic carbocycles. The monoisotopic (exact) mass is 601 g/mol. The smallest absolute Gasteiger partial charge is 0.264 e. The summed E-state index contributed by atoms with van der Waals surface area (Å²) in [5.74, 6) is -0.874. The van der Waals surface area contributed by atoms with Crippen molar-refractivity contribution < 1.29 is 18.0 Å². The van der Waals surface area contributed by atoms with Crippen molar-refractivity contribution in [3.8, 4) is 0 Å². The van der Waals surface area contributed by atoms with Crippen LogP contribution >= 0.6 is 23.2 Å². The molecule has 212 valence electrons. The fourth-order valence-electron chi connectivity index (χ4n) is 4.79. The fraction of sp³-hybridized carbons (Fsp3) is 0.333. The Morgan fingerprint density at radius 3 is 2.12 bits per heavy atom. The van der Waals surface area contributed by atoms with Crippen LogP contribution in [-0.4, -0.2) is 43.8 Å². The first-order chi connectivity index (χ1) is 19.1. The van der Waals surface area contributed by atoms with Gasteiger partial charge in [-0.3, -0.25) is 13.9 Å². The maximum atomic E-state index is 14.0. The van der Waals surface area contributed by atoms with Crippen LogP contribution in [-0.2, 0) is 26.2 Å². The van der Waals surface area contributed by atoms with E-state index in [0.717, 1.165) is 35.6 Å². The highest BCUT2D eigenvalue weighted by atomic mass is 35.5. The van der Waals surface area contributed by atoms with Crippen LogP contribution in [0.4, 0.5) is 5.69 Å². The molecule has 0 saturated heterocycles. The van der Waals surface area contributed by atoms with Crippen molar-refractivity contribution in [3.63, 3.8) is 0 Å². The third-order valence-corrected chi connectivity index (χ3v) is 9.69. The number of carbonyl (C=O) groups is 2. The van der Waals surface area contributed by atoms with Crippen molar-refractivity contribution in [3.05, 3.63) is 94.0 Å². The number of aryl methyl sites for hydroxylation is 1. The summed E-state index contributed by atoms with van der Waals surface area (Å²) in [6.07, 6.45) is 3.86. The summed E-state index contributed by atoms with van der Waals surface area (Å²) in [6.45, 7) is 2.91. The van der Waals surface area contributed by atoms with Crippen LogP contribution in [0, 0.1) is 6.92 Å². The van der Waals surface area contributed by atoms with E-state index in [2.05, 4.69) is 5.32 Å². The molecule has 0 aliphatic heterocycles. The Balaban J connectivity index is 1.69. The molecule has 1 N–H and O–H groups in total. The highest BCUT2D eigenvalue weighted by Crippen LogP contribution is 2.28. The first kappa shape index (κ1) is 29.9. The lowest BCUT2D eigenvalue weighted by Crippen LogP contribution is -2.52. The largest absolute Gasteiger partial charge is 0.352 e. The number of rotatable bonds is 10. The van der Waals surface area contributed by atoms with Gasteiger partial charge in [0, 0.05) is 28.2 Å². The molecule has 40 heavy (non-hydrogen) atoms. The normalized spacial score (nSPS) is 14.5. The summed E-state index contributed by atoms with van der Waals surface area (Å²) in [7, 11) is -4.12. The lowest BCUT2D eigenvalue weighted by atomic mass is 10.1. The summed E-state index contributed by atoms with van der Waals surface area (Å²) in [6, 6.07) is 19.1. The van der Waals surface area contributed by atoms with E-state index in [1.165, 1.54) is 17.0 Å². The van der Waals surface area contributed by atoms with Gasteiger partial charge in [0.2, 0.25) is 11.8 Å². The molecule has 1 atom stereocenters. The summed E-state index contributed by atoms with van der Waals surface area (Å²) in [4.78, 5) is 28.7.